The van der Waals surface area contributed by atoms with Crippen molar-refractivity contribution in [3.8, 4) is 0 Å². The molecule has 3 heteroatoms. The van der Waals surface area contributed by atoms with Crippen molar-refractivity contribution in [2.45, 2.75) is 26.1 Å². The summed E-state index contributed by atoms with van der Waals surface area (Å²) >= 11 is 0. The van der Waals surface area contributed by atoms with Crippen LogP contribution in [0.25, 0.3) is 0 Å². The molecule has 0 heterocycles. The van der Waals surface area contributed by atoms with Gasteiger partial charge in [0.1, 0.15) is 0 Å². The van der Waals surface area contributed by atoms with Gasteiger partial charge in [0, 0.05) is 33.0 Å². The molecule has 0 aliphatic heterocycles. The summed E-state index contributed by atoms with van der Waals surface area (Å²) in [4.78, 5) is 0. The molecule has 0 amide bonds. The average molecular weight is 238 g/mol. The fourth-order valence-electron chi connectivity index (χ4n) is 1.73. The van der Waals surface area contributed by atoms with Crippen molar-refractivity contribution in [2.75, 3.05) is 27.4 Å². The van der Waals surface area contributed by atoms with Gasteiger partial charge >= 0.3 is 0 Å². The van der Waals surface area contributed by atoms with Gasteiger partial charge < -0.3 is 14.2 Å². The van der Waals surface area contributed by atoms with Gasteiger partial charge in [-0.3, -0.25) is 0 Å². The summed E-state index contributed by atoms with van der Waals surface area (Å²) in [6, 6.07) is 8.33. The van der Waals surface area contributed by atoms with Gasteiger partial charge in [0.05, 0.1) is 0 Å². The van der Waals surface area contributed by atoms with Gasteiger partial charge in [0.25, 0.3) is 0 Å². The van der Waals surface area contributed by atoms with Crippen molar-refractivity contribution in [1.82, 2.24) is 0 Å². The predicted molar refractivity (Wildman–Crippen MR) is 68.0 cm³/mol. The summed E-state index contributed by atoms with van der Waals surface area (Å²) in [6.45, 7) is 3.64. The van der Waals surface area contributed by atoms with E-state index in [2.05, 4.69) is 12.1 Å². The van der Waals surface area contributed by atoms with E-state index in [0.29, 0.717) is 0 Å². The Balaban J connectivity index is 2.44. The number of hydrogen-bond acceptors (Lipinski definition) is 3. The van der Waals surface area contributed by atoms with Crippen LogP contribution in [0.2, 0.25) is 0 Å². The molecule has 0 aromatic heterocycles. The summed E-state index contributed by atoms with van der Waals surface area (Å²) in [5.41, 5.74) is 2.36. The maximum atomic E-state index is 5.31. The summed E-state index contributed by atoms with van der Waals surface area (Å²) in [5, 5.41) is 0. The maximum absolute atomic E-state index is 5.31. The minimum atomic E-state index is -0.271. The molecule has 1 rings (SSSR count). The molecule has 0 saturated heterocycles. The lowest BCUT2D eigenvalue weighted by atomic mass is 10.1. The van der Waals surface area contributed by atoms with Crippen LogP contribution in [-0.4, -0.2) is 27.4 Å². The van der Waals surface area contributed by atoms with Crippen LogP contribution in [0.1, 0.15) is 30.8 Å². The molecule has 96 valence electrons. The van der Waals surface area contributed by atoms with E-state index in [1.54, 1.807) is 14.2 Å². The lowest BCUT2D eigenvalue weighted by molar-refractivity contribution is -0.106. The molecular formula is C14H22O3. The summed E-state index contributed by atoms with van der Waals surface area (Å²) in [5.74, 6) is 0. The number of ether oxygens (including phenoxy) is 3. The van der Waals surface area contributed by atoms with E-state index in [1.165, 1.54) is 5.56 Å². The molecule has 0 atom stereocenters. The fourth-order valence-corrected chi connectivity index (χ4v) is 1.73. The van der Waals surface area contributed by atoms with Crippen molar-refractivity contribution in [3.63, 3.8) is 0 Å². The quantitative estimate of drug-likeness (QED) is 0.515. The van der Waals surface area contributed by atoms with Crippen LogP contribution in [-0.2, 0) is 20.6 Å². The van der Waals surface area contributed by atoms with Gasteiger partial charge in [-0.05, 0) is 25.3 Å². The Labute approximate surface area is 104 Å². The number of methoxy groups -OCH3 is 2. The second kappa shape index (κ2) is 8.23. The highest BCUT2D eigenvalue weighted by Crippen LogP contribution is 2.18. The Morgan fingerprint density at radius 1 is 1.06 bits per heavy atom. The van der Waals surface area contributed by atoms with Crippen molar-refractivity contribution >= 4 is 0 Å². The number of benzene rings is 1. The first-order valence-corrected chi connectivity index (χ1v) is 6.04. The molecule has 0 N–H and O–H groups in total. The van der Waals surface area contributed by atoms with Crippen LogP contribution >= 0.6 is 0 Å². The van der Waals surface area contributed by atoms with Crippen molar-refractivity contribution in [3.05, 3.63) is 35.4 Å². The van der Waals surface area contributed by atoms with E-state index in [1.807, 2.05) is 19.1 Å². The third-order valence-corrected chi connectivity index (χ3v) is 2.64. The highest BCUT2D eigenvalue weighted by molar-refractivity contribution is 5.23. The Morgan fingerprint density at radius 2 is 1.71 bits per heavy atom. The molecule has 1 aromatic rings. The lowest BCUT2D eigenvalue weighted by Gasteiger charge is -2.13. The Hall–Kier alpha value is -0.900. The van der Waals surface area contributed by atoms with Crippen LogP contribution in [0.4, 0.5) is 0 Å². The summed E-state index contributed by atoms with van der Waals surface area (Å²) in [7, 11) is 3.29. The molecule has 17 heavy (non-hydrogen) atoms. The molecule has 0 spiro atoms. The van der Waals surface area contributed by atoms with Gasteiger partial charge in [-0.1, -0.05) is 24.3 Å². The van der Waals surface area contributed by atoms with E-state index < -0.39 is 0 Å². The zero-order valence-electron chi connectivity index (χ0n) is 10.9. The molecule has 0 fully saturated rings. The zero-order valence-corrected chi connectivity index (χ0v) is 10.9. The van der Waals surface area contributed by atoms with Crippen LogP contribution in [0, 0.1) is 0 Å². The topological polar surface area (TPSA) is 27.7 Å². The number of rotatable bonds is 8. The standard InChI is InChI=1S/C14H22O3/c1-4-17-11-5-6-12-7-9-13(10-8-12)14(15-2)16-3/h7-10,14H,4-6,11H2,1-3H3. The van der Waals surface area contributed by atoms with E-state index in [9.17, 15) is 0 Å². The normalized spacial score (nSPS) is 11.1. The smallest absolute Gasteiger partial charge is 0.183 e. The second-order valence-corrected chi connectivity index (χ2v) is 3.85. The fraction of sp³-hybridized carbons (Fsp3) is 0.571. The monoisotopic (exact) mass is 238 g/mol. The third kappa shape index (κ3) is 4.86. The minimum absolute atomic E-state index is 0.271. The summed E-state index contributed by atoms with van der Waals surface area (Å²) < 4.78 is 15.7. The van der Waals surface area contributed by atoms with Crippen LogP contribution < -0.4 is 0 Å². The highest BCUT2D eigenvalue weighted by atomic mass is 16.7. The van der Waals surface area contributed by atoms with Crippen LogP contribution in [0.3, 0.4) is 0 Å². The number of aryl methyl sites for hydroxylation is 1. The minimum Gasteiger partial charge on any atom is -0.382 e. The summed E-state index contributed by atoms with van der Waals surface area (Å²) in [6.07, 6.45) is 1.84. The Kier molecular flexibility index (Phi) is 6.86. The zero-order chi connectivity index (χ0) is 12.5. The van der Waals surface area contributed by atoms with Crippen LogP contribution in [0.5, 0.6) is 0 Å². The van der Waals surface area contributed by atoms with Crippen LogP contribution in [0.15, 0.2) is 24.3 Å². The van der Waals surface area contributed by atoms with Crippen molar-refractivity contribution in [2.24, 2.45) is 0 Å². The molecule has 0 aliphatic rings. The molecular weight excluding hydrogens is 216 g/mol. The molecule has 1 aromatic carbocycles. The van der Waals surface area contributed by atoms with Gasteiger partial charge in [0.15, 0.2) is 6.29 Å². The Morgan fingerprint density at radius 3 is 2.24 bits per heavy atom. The van der Waals surface area contributed by atoms with E-state index in [0.717, 1.165) is 31.6 Å². The second-order valence-electron chi connectivity index (χ2n) is 3.85. The van der Waals surface area contributed by atoms with Gasteiger partial charge in [-0.25, -0.2) is 0 Å². The number of hydrogen-bond donors (Lipinski definition) is 0. The first kappa shape index (κ1) is 14.2. The predicted octanol–water partition coefficient (Wildman–Crippen LogP) is 2.95. The largest absolute Gasteiger partial charge is 0.382 e. The Bertz CT molecular complexity index is 291. The highest BCUT2D eigenvalue weighted by Gasteiger charge is 2.07. The van der Waals surface area contributed by atoms with Gasteiger partial charge in [0.2, 0.25) is 0 Å². The molecule has 0 saturated carbocycles. The van der Waals surface area contributed by atoms with Crippen molar-refractivity contribution < 1.29 is 14.2 Å². The van der Waals surface area contributed by atoms with Crippen molar-refractivity contribution in [1.29, 1.82) is 0 Å². The third-order valence-electron chi connectivity index (χ3n) is 2.64. The first-order chi connectivity index (χ1) is 8.31. The molecule has 3 nitrogen and oxygen atoms in total. The lowest BCUT2D eigenvalue weighted by Crippen LogP contribution is -2.03. The molecule has 0 aliphatic carbocycles. The van der Waals surface area contributed by atoms with Gasteiger partial charge in [-0.2, -0.15) is 0 Å². The van der Waals surface area contributed by atoms with Gasteiger partial charge in [-0.15, -0.1) is 0 Å². The average Bonchev–Trinajstić information content (AvgIpc) is 2.38. The maximum Gasteiger partial charge on any atom is 0.183 e. The van der Waals surface area contributed by atoms with E-state index in [-0.39, 0.29) is 6.29 Å². The first-order valence-electron chi connectivity index (χ1n) is 6.04. The SMILES string of the molecule is CCOCCCc1ccc(C(OC)OC)cc1. The van der Waals surface area contributed by atoms with E-state index in [4.69, 9.17) is 14.2 Å². The van der Waals surface area contributed by atoms with E-state index >= 15 is 0 Å². The molecule has 0 radical (unpaired) electrons. The molecule has 0 unspecified atom stereocenters. The molecule has 0 bridgehead atoms.